The van der Waals surface area contributed by atoms with Crippen molar-refractivity contribution in [2.75, 3.05) is 24.5 Å². The van der Waals surface area contributed by atoms with E-state index in [1.54, 1.807) is 0 Å². The molecule has 17 heavy (non-hydrogen) atoms. The summed E-state index contributed by atoms with van der Waals surface area (Å²) in [7, 11) is 0. The van der Waals surface area contributed by atoms with Crippen molar-refractivity contribution in [3.63, 3.8) is 0 Å². The van der Waals surface area contributed by atoms with Crippen LogP contribution in [-0.4, -0.2) is 30.7 Å². The van der Waals surface area contributed by atoms with Gasteiger partial charge in [-0.05, 0) is 37.9 Å². The summed E-state index contributed by atoms with van der Waals surface area (Å²) in [6.07, 6.45) is 6.92. The van der Waals surface area contributed by atoms with Crippen LogP contribution in [0, 0.1) is 0 Å². The van der Waals surface area contributed by atoms with Crippen LogP contribution in [0.5, 0.6) is 0 Å². The number of hydrogen-bond acceptors (Lipinski definition) is 3. The number of pyridine rings is 1. The maximum atomic E-state index is 4.41. The standard InChI is InChI=1S/C14H23N3/c1-2-3-9-15-13-7-11-17(12-8-13)14-6-4-5-10-16-14/h4-6,10,13,15H,2-3,7-9,11-12H2,1H3. The Morgan fingerprint density at radius 1 is 1.35 bits per heavy atom. The van der Waals surface area contributed by atoms with Gasteiger partial charge in [-0.15, -0.1) is 0 Å². The molecule has 0 unspecified atom stereocenters. The molecule has 1 N–H and O–H groups in total. The fourth-order valence-corrected chi connectivity index (χ4v) is 2.34. The molecule has 1 fully saturated rings. The van der Waals surface area contributed by atoms with Gasteiger partial charge in [0.25, 0.3) is 0 Å². The lowest BCUT2D eigenvalue weighted by atomic mass is 10.0. The summed E-state index contributed by atoms with van der Waals surface area (Å²) < 4.78 is 0. The lowest BCUT2D eigenvalue weighted by Gasteiger charge is -2.33. The fourth-order valence-electron chi connectivity index (χ4n) is 2.34. The molecule has 2 rings (SSSR count). The molecule has 0 atom stereocenters. The maximum Gasteiger partial charge on any atom is 0.128 e. The second kappa shape index (κ2) is 6.60. The second-order valence-electron chi connectivity index (χ2n) is 4.76. The summed E-state index contributed by atoms with van der Waals surface area (Å²) in [4.78, 5) is 6.80. The number of nitrogens with one attached hydrogen (secondary N) is 1. The number of unbranched alkanes of at least 4 members (excludes halogenated alkanes) is 1. The summed E-state index contributed by atoms with van der Waals surface area (Å²) in [5, 5.41) is 3.65. The molecule has 0 aromatic carbocycles. The van der Waals surface area contributed by atoms with Crippen LogP contribution in [0.2, 0.25) is 0 Å². The molecular weight excluding hydrogens is 210 g/mol. The van der Waals surface area contributed by atoms with Crippen LogP contribution in [-0.2, 0) is 0 Å². The molecule has 1 saturated heterocycles. The van der Waals surface area contributed by atoms with Gasteiger partial charge < -0.3 is 10.2 Å². The minimum absolute atomic E-state index is 0.710. The predicted octanol–water partition coefficient (Wildman–Crippen LogP) is 2.44. The summed E-state index contributed by atoms with van der Waals surface area (Å²) in [6.45, 7) is 5.66. The zero-order valence-corrected chi connectivity index (χ0v) is 10.7. The lowest BCUT2D eigenvalue weighted by Crippen LogP contribution is -2.43. The number of aromatic nitrogens is 1. The lowest BCUT2D eigenvalue weighted by molar-refractivity contribution is 0.411. The minimum Gasteiger partial charge on any atom is -0.357 e. The first kappa shape index (κ1) is 12.4. The quantitative estimate of drug-likeness (QED) is 0.792. The highest BCUT2D eigenvalue weighted by atomic mass is 15.2. The van der Waals surface area contributed by atoms with Gasteiger partial charge in [0.1, 0.15) is 5.82 Å². The molecule has 0 bridgehead atoms. The topological polar surface area (TPSA) is 28.2 Å². The van der Waals surface area contributed by atoms with Gasteiger partial charge in [-0.2, -0.15) is 0 Å². The third-order valence-corrected chi connectivity index (χ3v) is 3.43. The molecule has 1 aromatic heterocycles. The molecule has 3 nitrogen and oxygen atoms in total. The van der Waals surface area contributed by atoms with E-state index in [0.717, 1.165) is 18.9 Å². The number of piperidine rings is 1. The van der Waals surface area contributed by atoms with E-state index in [2.05, 4.69) is 34.3 Å². The van der Waals surface area contributed by atoms with E-state index in [1.807, 2.05) is 12.3 Å². The van der Waals surface area contributed by atoms with Gasteiger partial charge in [-0.1, -0.05) is 19.4 Å². The predicted molar refractivity (Wildman–Crippen MR) is 72.4 cm³/mol. The highest BCUT2D eigenvalue weighted by Gasteiger charge is 2.18. The molecule has 1 aromatic rings. The van der Waals surface area contributed by atoms with Crippen molar-refractivity contribution >= 4 is 5.82 Å². The highest BCUT2D eigenvalue weighted by molar-refractivity contribution is 5.38. The summed E-state index contributed by atoms with van der Waals surface area (Å²) >= 11 is 0. The van der Waals surface area contributed by atoms with Gasteiger partial charge in [-0.3, -0.25) is 0 Å². The Labute approximate surface area is 104 Å². The smallest absolute Gasteiger partial charge is 0.128 e. The van der Waals surface area contributed by atoms with Gasteiger partial charge in [0.05, 0.1) is 0 Å². The summed E-state index contributed by atoms with van der Waals surface area (Å²) in [5.74, 6) is 1.12. The molecule has 0 spiro atoms. The van der Waals surface area contributed by atoms with Crippen molar-refractivity contribution in [2.45, 2.75) is 38.6 Å². The zero-order valence-electron chi connectivity index (χ0n) is 10.7. The molecule has 2 heterocycles. The van der Waals surface area contributed by atoms with Gasteiger partial charge in [0, 0.05) is 25.3 Å². The number of anilines is 1. The SMILES string of the molecule is CCCCNC1CCN(c2ccccn2)CC1. The largest absolute Gasteiger partial charge is 0.357 e. The van der Waals surface area contributed by atoms with Gasteiger partial charge >= 0.3 is 0 Å². The molecule has 0 aliphatic carbocycles. The van der Waals surface area contributed by atoms with Crippen molar-refractivity contribution in [3.05, 3.63) is 24.4 Å². The fraction of sp³-hybridized carbons (Fsp3) is 0.643. The van der Waals surface area contributed by atoms with Crippen molar-refractivity contribution in [1.82, 2.24) is 10.3 Å². The molecular formula is C14H23N3. The Morgan fingerprint density at radius 2 is 2.18 bits per heavy atom. The highest BCUT2D eigenvalue weighted by Crippen LogP contribution is 2.17. The Morgan fingerprint density at radius 3 is 2.82 bits per heavy atom. The van der Waals surface area contributed by atoms with Gasteiger partial charge in [0.2, 0.25) is 0 Å². The first-order chi connectivity index (χ1) is 8.40. The van der Waals surface area contributed by atoms with Crippen molar-refractivity contribution in [1.29, 1.82) is 0 Å². The molecule has 1 aliphatic rings. The van der Waals surface area contributed by atoms with Gasteiger partial charge in [-0.25, -0.2) is 4.98 Å². The van der Waals surface area contributed by atoms with E-state index in [1.165, 1.54) is 32.2 Å². The van der Waals surface area contributed by atoms with E-state index in [0.29, 0.717) is 6.04 Å². The van der Waals surface area contributed by atoms with Gasteiger partial charge in [0.15, 0.2) is 0 Å². The van der Waals surface area contributed by atoms with Crippen LogP contribution in [0.4, 0.5) is 5.82 Å². The molecule has 0 saturated carbocycles. The first-order valence-electron chi connectivity index (χ1n) is 6.79. The van der Waals surface area contributed by atoms with E-state index in [-0.39, 0.29) is 0 Å². The molecule has 1 aliphatic heterocycles. The van der Waals surface area contributed by atoms with Crippen LogP contribution in [0.15, 0.2) is 24.4 Å². The molecule has 0 radical (unpaired) electrons. The van der Waals surface area contributed by atoms with E-state index in [4.69, 9.17) is 0 Å². The molecule has 0 amide bonds. The monoisotopic (exact) mass is 233 g/mol. The van der Waals surface area contributed by atoms with Crippen LogP contribution < -0.4 is 10.2 Å². The normalized spacial score (nSPS) is 17.4. The number of hydrogen-bond donors (Lipinski definition) is 1. The Hall–Kier alpha value is -1.09. The van der Waals surface area contributed by atoms with Crippen LogP contribution in [0.25, 0.3) is 0 Å². The van der Waals surface area contributed by atoms with E-state index >= 15 is 0 Å². The summed E-state index contributed by atoms with van der Waals surface area (Å²) in [5.41, 5.74) is 0. The Balaban J connectivity index is 1.74. The number of nitrogens with zero attached hydrogens (tertiary/aromatic N) is 2. The van der Waals surface area contributed by atoms with Crippen LogP contribution in [0.3, 0.4) is 0 Å². The van der Waals surface area contributed by atoms with E-state index < -0.39 is 0 Å². The second-order valence-corrected chi connectivity index (χ2v) is 4.76. The van der Waals surface area contributed by atoms with Crippen molar-refractivity contribution in [2.24, 2.45) is 0 Å². The maximum absolute atomic E-state index is 4.41. The Bertz CT molecular complexity index is 305. The Kier molecular flexibility index (Phi) is 4.80. The van der Waals surface area contributed by atoms with E-state index in [9.17, 15) is 0 Å². The van der Waals surface area contributed by atoms with Crippen LogP contribution >= 0.6 is 0 Å². The zero-order chi connectivity index (χ0) is 11.9. The first-order valence-corrected chi connectivity index (χ1v) is 6.79. The molecule has 3 heteroatoms. The average molecular weight is 233 g/mol. The van der Waals surface area contributed by atoms with Crippen LogP contribution in [0.1, 0.15) is 32.6 Å². The van der Waals surface area contributed by atoms with Crippen molar-refractivity contribution in [3.8, 4) is 0 Å². The minimum atomic E-state index is 0.710. The third kappa shape index (κ3) is 3.70. The number of rotatable bonds is 5. The average Bonchev–Trinajstić information content (AvgIpc) is 2.41. The third-order valence-electron chi connectivity index (χ3n) is 3.43. The molecule has 94 valence electrons. The van der Waals surface area contributed by atoms with Crippen molar-refractivity contribution < 1.29 is 0 Å². The summed E-state index contributed by atoms with van der Waals surface area (Å²) in [6, 6.07) is 6.85.